The van der Waals surface area contributed by atoms with E-state index < -0.39 is 18.2 Å². The van der Waals surface area contributed by atoms with Crippen molar-refractivity contribution in [2.45, 2.75) is 12.1 Å². The summed E-state index contributed by atoms with van der Waals surface area (Å²) in [5.41, 5.74) is 3.29. The number of ether oxygens (including phenoxy) is 1. The quantitative estimate of drug-likeness (QED) is 0.514. The molecule has 3 heterocycles. The number of carbonyl (C=O) groups is 1. The zero-order valence-electron chi connectivity index (χ0n) is 16.2. The molecule has 0 radical (unpaired) electrons. The van der Waals surface area contributed by atoms with Gasteiger partial charge < -0.3 is 14.6 Å². The lowest BCUT2D eigenvalue weighted by Crippen LogP contribution is -2.19. The van der Waals surface area contributed by atoms with E-state index in [0.29, 0.717) is 11.4 Å². The van der Waals surface area contributed by atoms with Gasteiger partial charge in [-0.3, -0.25) is 4.98 Å². The number of carbonyl (C=O) groups excluding carboxylic acids is 1. The minimum atomic E-state index is -0.747. The first-order valence-corrected chi connectivity index (χ1v) is 9.64. The molecule has 0 spiro atoms. The molecule has 31 heavy (non-hydrogen) atoms. The molecule has 1 saturated heterocycles. The molecular weight excluding hydrogens is 392 g/mol. The van der Waals surface area contributed by atoms with Crippen molar-refractivity contribution in [3.8, 4) is 23.2 Å². The fourth-order valence-corrected chi connectivity index (χ4v) is 3.31. The molecule has 0 unspecified atom stereocenters. The maximum absolute atomic E-state index is 12.0. The standard InChI is InChI=1S/C24H16N4O3/c29-24-26-20(18-9-4-8-17(14-18)12-11-16-6-2-1-3-7-16)21(30-24)23-27-22(28-31-23)19-10-5-13-25-15-19/h1-10,13-15,20-21H,(H,26,29)/t20-,21+/m0/s1. The van der Waals surface area contributed by atoms with E-state index >= 15 is 0 Å². The number of alkyl carbamates (subject to hydrolysis) is 1. The summed E-state index contributed by atoms with van der Waals surface area (Å²) in [6.45, 7) is 0. The van der Waals surface area contributed by atoms with Crippen LogP contribution in [0.5, 0.6) is 0 Å². The lowest BCUT2D eigenvalue weighted by molar-refractivity contribution is 0.108. The van der Waals surface area contributed by atoms with Crippen LogP contribution in [-0.2, 0) is 4.74 Å². The molecular formula is C24H16N4O3. The van der Waals surface area contributed by atoms with Gasteiger partial charge in [-0.15, -0.1) is 0 Å². The molecule has 150 valence electrons. The molecule has 5 rings (SSSR count). The van der Waals surface area contributed by atoms with Crippen LogP contribution in [0.25, 0.3) is 11.4 Å². The first-order chi connectivity index (χ1) is 15.3. The third-order valence-corrected chi connectivity index (χ3v) is 4.79. The molecule has 4 aromatic rings. The van der Waals surface area contributed by atoms with Crippen LogP contribution in [0.15, 0.2) is 83.6 Å². The highest BCUT2D eigenvalue weighted by molar-refractivity contribution is 5.71. The average molecular weight is 408 g/mol. The predicted octanol–water partition coefficient (Wildman–Crippen LogP) is 4.05. The summed E-state index contributed by atoms with van der Waals surface area (Å²) < 4.78 is 10.8. The first kappa shape index (κ1) is 18.6. The van der Waals surface area contributed by atoms with Crippen molar-refractivity contribution in [2.75, 3.05) is 0 Å². The summed E-state index contributed by atoms with van der Waals surface area (Å²) >= 11 is 0. The average Bonchev–Trinajstić information content (AvgIpc) is 3.46. The Morgan fingerprint density at radius 1 is 0.935 bits per heavy atom. The fraction of sp³-hybridized carbons (Fsp3) is 0.0833. The maximum atomic E-state index is 12.0. The van der Waals surface area contributed by atoms with Crippen molar-refractivity contribution < 1.29 is 14.1 Å². The van der Waals surface area contributed by atoms with Crippen molar-refractivity contribution in [3.05, 3.63) is 102 Å². The Morgan fingerprint density at radius 3 is 2.61 bits per heavy atom. The van der Waals surface area contributed by atoms with Gasteiger partial charge in [0.05, 0.1) is 0 Å². The van der Waals surface area contributed by atoms with Gasteiger partial charge in [-0.05, 0) is 42.0 Å². The number of cyclic esters (lactones) is 1. The Kier molecular flexibility index (Phi) is 4.87. The molecule has 7 nitrogen and oxygen atoms in total. The third-order valence-electron chi connectivity index (χ3n) is 4.79. The molecule has 2 atom stereocenters. The zero-order valence-corrected chi connectivity index (χ0v) is 16.2. The van der Waals surface area contributed by atoms with Gasteiger partial charge in [0.15, 0.2) is 0 Å². The van der Waals surface area contributed by atoms with E-state index in [1.807, 2.05) is 60.7 Å². The van der Waals surface area contributed by atoms with Crippen LogP contribution in [0.1, 0.15) is 34.7 Å². The zero-order chi connectivity index (χ0) is 21.0. The topological polar surface area (TPSA) is 90.1 Å². The lowest BCUT2D eigenvalue weighted by atomic mass is 10.00. The van der Waals surface area contributed by atoms with Gasteiger partial charge in [-0.1, -0.05) is 47.3 Å². The molecule has 0 aliphatic carbocycles. The van der Waals surface area contributed by atoms with E-state index in [-0.39, 0.29) is 5.89 Å². The van der Waals surface area contributed by atoms with Gasteiger partial charge in [0.1, 0.15) is 6.04 Å². The monoisotopic (exact) mass is 408 g/mol. The van der Waals surface area contributed by atoms with Crippen LogP contribution in [-0.4, -0.2) is 21.2 Å². The second-order valence-corrected chi connectivity index (χ2v) is 6.89. The van der Waals surface area contributed by atoms with E-state index in [9.17, 15) is 4.79 Å². The highest BCUT2D eigenvalue weighted by Gasteiger charge is 2.40. The number of benzene rings is 2. The number of pyridine rings is 1. The van der Waals surface area contributed by atoms with Crippen LogP contribution in [0.4, 0.5) is 4.79 Å². The van der Waals surface area contributed by atoms with E-state index in [0.717, 1.165) is 16.7 Å². The lowest BCUT2D eigenvalue weighted by Gasteiger charge is -2.14. The Hall–Kier alpha value is -4.44. The van der Waals surface area contributed by atoms with Gasteiger partial charge in [-0.25, -0.2) is 4.79 Å². The summed E-state index contributed by atoms with van der Waals surface area (Å²) in [5, 5.41) is 6.82. The summed E-state index contributed by atoms with van der Waals surface area (Å²) in [6, 6.07) is 20.5. The van der Waals surface area contributed by atoms with E-state index in [1.165, 1.54) is 0 Å². The third kappa shape index (κ3) is 4.00. The van der Waals surface area contributed by atoms with Crippen molar-refractivity contribution >= 4 is 6.09 Å². The summed E-state index contributed by atoms with van der Waals surface area (Å²) in [5.74, 6) is 6.88. The molecule has 2 aromatic heterocycles. The van der Waals surface area contributed by atoms with Crippen molar-refractivity contribution in [1.29, 1.82) is 0 Å². The predicted molar refractivity (Wildman–Crippen MR) is 111 cm³/mol. The SMILES string of the molecule is O=C1N[C@@H](c2cccc(C#Cc3ccccc3)c2)[C@H](c2nc(-c3cccnc3)no2)O1. The van der Waals surface area contributed by atoms with Crippen LogP contribution in [0, 0.1) is 11.8 Å². The molecule has 1 fully saturated rings. The number of amides is 1. The minimum absolute atomic E-state index is 0.211. The molecule has 1 aliphatic rings. The van der Waals surface area contributed by atoms with Crippen molar-refractivity contribution in [2.24, 2.45) is 0 Å². The molecule has 7 heteroatoms. The Labute approximate surface area is 178 Å². The molecule has 1 N–H and O–H groups in total. The number of aromatic nitrogens is 3. The van der Waals surface area contributed by atoms with E-state index in [4.69, 9.17) is 9.26 Å². The van der Waals surface area contributed by atoms with Gasteiger partial charge in [0, 0.05) is 29.1 Å². The minimum Gasteiger partial charge on any atom is -0.433 e. The number of nitrogens with zero attached hydrogens (tertiary/aromatic N) is 3. The summed E-state index contributed by atoms with van der Waals surface area (Å²) in [6.07, 6.45) is 2.01. The number of rotatable bonds is 3. The second-order valence-electron chi connectivity index (χ2n) is 6.89. The highest BCUT2D eigenvalue weighted by atomic mass is 16.6. The van der Waals surface area contributed by atoms with Gasteiger partial charge >= 0.3 is 6.09 Å². The normalized spacial score (nSPS) is 17.4. The van der Waals surface area contributed by atoms with Crippen LogP contribution < -0.4 is 5.32 Å². The second kappa shape index (κ2) is 8.13. The van der Waals surface area contributed by atoms with Gasteiger partial charge in [0.2, 0.25) is 11.9 Å². The Morgan fingerprint density at radius 2 is 1.77 bits per heavy atom. The number of hydrogen-bond donors (Lipinski definition) is 1. The van der Waals surface area contributed by atoms with Gasteiger partial charge in [-0.2, -0.15) is 4.98 Å². The van der Waals surface area contributed by atoms with E-state index in [2.05, 4.69) is 32.3 Å². The first-order valence-electron chi connectivity index (χ1n) is 9.64. The van der Waals surface area contributed by atoms with E-state index in [1.54, 1.807) is 18.5 Å². The van der Waals surface area contributed by atoms with Crippen LogP contribution >= 0.6 is 0 Å². The summed E-state index contributed by atoms with van der Waals surface area (Å²) in [4.78, 5) is 20.5. The van der Waals surface area contributed by atoms with Crippen molar-refractivity contribution in [1.82, 2.24) is 20.4 Å². The smallest absolute Gasteiger partial charge is 0.408 e. The Bertz CT molecular complexity index is 1280. The number of nitrogens with one attached hydrogen (secondary N) is 1. The Balaban J connectivity index is 1.43. The van der Waals surface area contributed by atoms with Crippen molar-refractivity contribution in [3.63, 3.8) is 0 Å². The molecule has 1 aliphatic heterocycles. The molecule has 1 amide bonds. The molecule has 2 aromatic carbocycles. The molecule has 0 saturated carbocycles. The maximum Gasteiger partial charge on any atom is 0.408 e. The molecule has 0 bridgehead atoms. The highest BCUT2D eigenvalue weighted by Crippen LogP contribution is 2.36. The van der Waals surface area contributed by atoms with Gasteiger partial charge in [0.25, 0.3) is 5.89 Å². The van der Waals surface area contributed by atoms with Crippen LogP contribution in [0.3, 0.4) is 0 Å². The largest absolute Gasteiger partial charge is 0.433 e. The fourth-order valence-electron chi connectivity index (χ4n) is 3.31. The number of hydrogen-bond acceptors (Lipinski definition) is 6. The summed E-state index contributed by atoms with van der Waals surface area (Å²) in [7, 11) is 0. The van der Waals surface area contributed by atoms with Crippen LogP contribution in [0.2, 0.25) is 0 Å².